The maximum absolute atomic E-state index is 11.4. The van der Waals surface area contributed by atoms with Crippen molar-refractivity contribution in [2.24, 2.45) is 0 Å². The van der Waals surface area contributed by atoms with Crippen LogP contribution in [-0.2, 0) is 0 Å². The second-order valence-electron chi connectivity index (χ2n) is 3.31. The third-order valence-electron chi connectivity index (χ3n) is 2.12. The number of anilines is 1. The number of aryl methyl sites for hydroxylation is 1. The van der Waals surface area contributed by atoms with Gasteiger partial charge in [0.2, 0.25) is 0 Å². The van der Waals surface area contributed by atoms with Gasteiger partial charge in [-0.05, 0) is 26.0 Å². The Bertz CT molecular complexity index is 306. The van der Waals surface area contributed by atoms with Crippen LogP contribution < -0.4 is 5.32 Å². The number of amides is 2. The van der Waals surface area contributed by atoms with Crippen LogP contribution in [0.25, 0.3) is 0 Å². The van der Waals surface area contributed by atoms with Gasteiger partial charge in [0.25, 0.3) is 0 Å². The molecule has 1 rings (SSSR count). The van der Waals surface area contributed by atoms with Gasteiger partial charge in [-0.3, -0.25) is 0 Å². The van der Waals surface area contributed by atoms with Crippen molar-refractivity contribution in [3.63, 3.8) is 0 Å². The van der Waals surface area contributed by atoms with Crippen molar-refractivity contribution in [2.75, 3.05) is 18.9 Å². The minimum atomic E-state index is -0.0728. The van der Waals surface area contributed by atoms with Crippen LogP contribution in [0, 0.1) is 6.92 Å². The van der Waals surface area contributed by atoms with Gasteiger partial charge >= 0.3 is 6.03 Å². The largest absolute Gasteiger partial charge is 0.328 e. The summed E-state index contributed by atoms with van der Waals surface area (Å²) >= 11 is 0. The first kappa shape index (κ1) is 10.6. The standard InChI is InChI=1S/C11H16N2O/c1-4-13(3)11(14)12-10-7-5-9(2)6-8-10/h5-8H,4H2,1-3H3,(H,12,14). The Hall–Kier alpha value is -1.51. The number of carbonyl (C=O) groups is 1. The molecular formula is C11H16N2O. The third kappa shape index (κ3) is 2.76. The zero-order valence-electron chi connectivity index (χ0n) is 8.87. The van der Waals surface area contributed by atoms with Gasteiger partial charge in [-0.25, -0.2) is 4.79 Å². The molecule has 0 aliphatic heterocycles. The van der Waals surface area contributed by atoms with E-state index >= 15 is 0 Å². The highest BCUT2D eigenvalue weighted by molar-refractivity contribution is 5.89. The molecule has 0 saturated heterocycles. The Morgan fingerprint density at radius 1 is 1.36 bits per heavy atom. The van der Waals surface area contributed by atoms with Gasteiger partial charge in [0, 0.05) is 19.3 Å². The quantitative estimate of drug-likeness (QED) is 0.767. The van der Waals surface area contributed by atoms with Crippen LogP contribution in [0.5, 0.6) is 0 Å². The molecule has 0 bridgehead atoms. The van der Waals surface area contributed by atoms with Crippen LogP contribution in [0.2, 0.25) is 0 Å². The molecule has 3 nitrogen and oxygen atoms in total. The van der Waals surface area contributed by atoms with Crippen molar-refractivity contribution in [1.82, 2.24) is 4.90 Å². The van der Waals surface area contributed by atoms with Gasteiger partial charge in [-0.1, -0.05) is 17.7 Å². The Kier molecular flexibility index (Phi) is 3.51. The molecule has 0 atom stereocenters. The van der Waals surface area contributed by atoms with Crippen LogP contribution >= 0.6 is 0 Å². The van der Waals surface area contributed by atoms with Gasteiger partial charge in [0.1, 0.15) is 0 Å². The van der Waals surface area contributed by atoms with E-state index in [1.807, 2.05) is 38.1 Å². The number of carbonyl (C=O) groups excluding carboxylic acids is 1. The predicted octanol–water partition coefficient (Wildman–Crippen LogP) is 2.48. The molecule has 14 heavy (non-hydrogen) atoms. The highest BCUT2D eigenvalue weighted by Gasteiger charge is 2.05. The molecule has 0 fully saturated rings. The lowest BCUT2D eigenvalue weighted by atomic mass is 10.2. The Morgan fingerprint density at radius 2 is 1.93 bits per heavy atom. The second kappa shape index (κ2) is 4.65. The van der Waals surface area contributed by atoms with Crippen molar-refractivity contribution in [1.29, 1.82) is 0 Å². The van der Waals surface area contributed by atoms with E-state index < -0.39 is 0 Å². The molecule has 1 aromatic rings. The molecule has 76 valence electrons. The minimum absolute atomic E-state index is 0.0728. The summed E-state index contributed by atoms with van der Waals surface area (Å²) < 4.78 is 0. The van der Waals surface area contributed by atoms with E-state index in [2.05, 4.69) is 5.32 Å². The van der Waals surface area contributed by atoms with Gasteiger partial charge < -0.3 is 10.2 Å². The Labute approximate surface area is 84.7 Å². The number of nitrogens with one attached hydrogen (secondary N) is 1. The SMILES string of the molecule is CCN(C)C(=O)Nc1ccc(C)cc1. The van der Waals surface area contributed by atoms with E-state index in [0.29, 0.717) is 6.54 Å². The monoisotopic (exact) mass is 192 g/mol. The first-order valence-corrected chi connectivity index (χ1v) is 4.72. The van der Waals surface area contributed by atoms with Crippen LogP contribution in [0.3, 0.4) is 0 Å². The summed E-state index contributed by atoms with van der Waals surface area (Å²) in [6.45, 7) is 4.66. The molecule has 0 aromatic heterocycles. The number of hydrogen-bond donors (Lipinski definition) is 1. The average Bonchev–Trinajstić information content (AvgIpc) is 2.20. The molecule has 2 amide bonds. The lowest BCUT2D eigenvalue weighted by Crippen LogP contribution is -2.30. The van der Waals surface area contributed by atoms with Crippen molar-refractivity contribution >= 4 is 11.7 Å². The molecule has 1 aromatic carbocycles. The smallest absolute Gasteiger partial charge is 0.321 e. The molecule has 0 saturated carbocycles. The topological polar surface area (TPSA) is 32.3 Å². The number of nitrogens with zero attached hydrogens (tertiary/aromatic N) is 1. The molecule has 0 heterocycles. The molecule has 0 aliphatic rings. The molecular weight excluding hydrogens is 176 g/mol. The lowest BCUT2D eigenvalue weighted by Gasteiger charge is -2.15. The van der Waals surface area contributed by atoms with Crippen molar-refractivity contribution in [3.8, 4) is 0 Å². The molecule has 1 N–H and O–H groups in total. The summed E-state index contributed by atoms with van der Waals surface area (Å²) in [5.41, 5.74) is 2.02. The van der Waals surface area contributed by atoms with Crippen molar-refractivity contribution in [2.45, 2.75) is 13.8 Å². The molecule has 3 heteroatoms. The number of rotatable bonds is 2. The lowest BCUT2D eigenvalue weighted by molar-refractivity contribution is 0.224. The highest BCUT2D eigenvalue weighted by atomic mass is 16.2. The summed E-state index contributed by atoms with van der Waals surface area (Å²) in [6, 6.07) is 7.67. The van der Waals surface area contributed by atoms with E-state index in [4.69, 9.17) is 0 Å². The predicted molar refractivity (Wildman–Crippen MR) is 58.5 cm³/mol. The Morgan fingerprint density at radius 3 is 2.43 bits per heavy atom. The first-order chi connectivity index (χ1) is 6.63. The van der Waals surface area contributed by atoms with E-state index in [-0.39, 0.29) is 6.03 Å². The fourth-order valence-corrected chi connectivity index (χ4v) is 0.999. The van der Waals surface area contributed by atoms with Gasteiger partial charge in [-0.2, -0.15) is 0 Å². The minimum Gasteiger partial charge on any atom is -0.328 e. The van der Waals surface area contributed by atoms with Crippen LogP contribution in [0.15, 0.2) is 24.3 Å². The fraction of sp³-hybridized carbons (Fsp3) is 0.364. The Balaban J connectivity index is 2.60. The van der Waals surface area contributed by atoms with Gasteiger partial charge in [-0.15, -0.1) is 0 Å². The van der Waals surface area contributed by atoms with E-state index in [1.54, 1.807) is 11.9 Å². The van der Waals surface area contributed by atoms with Crippen LogP contribution in [0.1, 0.15) is 12.5 Å². The highest BCUT2D eigenvalue weighted by Crippen LogP contribution is 2.08. The second-order valence-corrected chi connectivity index (χ2v) is 3.31. The van der Waals surface area contributed by atoms with E-state index in [0.717, 1.165) is 5.69 Å². The summed E-state index contributed by atoms with van der Waals surface area (Å²) in [5.74, 6) is 0. The zero-order valence-corrected chi connectivity index (χ0v) is 8.87. The summed E-state index contributed by atoms with van der Waals surface area (Å²) in [5, 5.41) is 2.81. The van der Waals surface area contributed by atoms with Crippen LogP contribution in [-0.4, -0.2) is 24.5 Å². The maximum atomic E-state index is 11.4. The van der Waals surface area contributed by atoms with E-state index in [1.165, 1.54) is 5.56 Å². The third-order valence-corrected chi connectivity index (χ3v) is 2.12. The normalized spacial score (nSPS) is 9.64. The average molecular weight is 192 g/mol. The summed E-state index contributed by atoms with van der Waals surface area (Å²) in [7, 11) is 1.77. The van der Waals surface area contributed by atoms with E-state index in [9.17, 15) is 4.79 Å². The van der Waals surface area contributed by atoms with Gasteiger partial charge in [0.05, 0.1) is 0 Å². The summed E-state index contributed by atoms with van der Waals surface area (Å²) in [6.07, 6.45) is 0. The molecule has 0 unspecified atom stereocenters. The van der Waals surface area contributed by atoms with Crippen LogP contribution in [0.4, 0.5) is 10.5 Å². The molecule has 0 spiro atoms. The molecule has 0 aliphatic carbocycles. The van der Waals surface area contributed by atoms with Crippen molar-refractivity contribution < 1.29 is 4.79 Å². The van der Waals surface area contributed by atoms with Crippen molar-refractivity contribution in [3.05, 3.63) is 29.8 Å². The maximum Gasteiger partial charge on any atom is 0.321 e. The van der Waals surface area contributed by atoms with Gasteiger partial charge in [0.15, 0.2) is 0 Å². The number of benzene rings is 1. The fourth-order valence-electron chi connectivity index (χ4n) is 0.999. The number of hydrogen-bond acceptors (Lipinski definition) is 1. The zero-order chi connectivity index (χ0) is 10.6. The summed E-state index contributed by atoms with van der Waals surface area (Å²) in [4.78, 5) is 13.1. The first-order valence-electron chi connectivity index (χ1n) is 4.72. The molecule has 0 radical (unpaired) electrons. The number of urea groups is 1.